The fraction of sp³-hybridized carbons (Fsp3) is 0.611. The lowest BCUT2D eigenvalue weighted by Gasteiger charge is -2.32. The van der Waals surface area contributed by atoms with Gasteiger partial charge in [-0.05, 0) is 19.4 Å². The molecule has 5 nitrogen and oxygen atoms in total. The van der Waals surface area contributed by atoms with Crippen molar-refractivity contribution in [2.75, 3.05) is 45.9 Å². The SMILES string of the molecule is CCNC(=NCc1ccccc1F)N1CCC(N2CCOCC2)C1. The number of aliphatic imine (C=N–C) groups is 1. The van der Waals surface area contributed by atoms with Crippen LogP contribution in [0.15, 0.2) is 29.3 Å². The van der Waals surface area contributed by atoms with Crippen molar-refractivity contribution in [1.82, 2.24) is 15.1 Å². The lowest BCUT2D eigenvalue weighted by molar-refractivity contribution is 0.0195. The Balaban J connectivity index is 1.63. The summed E-state index contributed by atoms with van der Waals surface area (Å²) in [6.07, 6.45) is 1.14. The molecule has 2 saturated heterocycles. The number of nitrogens with one attached hydrogen (secondary N) is 1. The second-order valence-electron chi connectivity index (χ2n) is 6.30. The minimum absolute atomic E-state index is 0.190. The van der Waals surface area contributed by atoms with Gasteiger partial charge >= 0.3 is 0 Å². The Bertz CT molecular complexity index is 560. The van der Waals surface area contributed by atoms with E-state index in [1.165, 1.54) is 6.07 Å². The first kappa shape index (κ1) is 17.2. The van der Waals surface area contributed by atoms with Crippen LogP contribution in [0.25, 0.3) is 0 Å². The zero-order chi connectivity index (χ0) is 16.8. The van der Waals surface area contributed by atoms with Crippen LogP contribution in [0.4, 0.5) is 4.39 Å². The maximum Gasteiger partial charge on any atom is 0.194 e. The normalized spacial score (nSPS) is 22.8. The summed E-state index contributed by atoms with van der Waals surface area (Å²) < 4.78 is 19.2. The van der Waals surface area contributed by atoms with Gasteiger partial charge in [0.05, 0.1) is 19.8 Å². The molecule has 0 aromatic heterocycles. The monoisotopic (exact) mass is 334 g/mol. The maximum atomic E-state index is 13.8. The number of hydrogen-bond acceptors (Lipinski definition) is 3. The van der Waals surface area contributed by atoms with Gasteiger partial charge in [0.25, 0.3) is 0 Å². The molecule has 0 bridgehead atoms. The molecule has 24 heavy (non-hydrogen) atoms. The Morgan fingerprint density at radius 2 is 2.08 bits per heavy atom. The van der Waals surface area contributed by atoms with Crippen LogP contribution >= 0.6 is 0 Å². The van der Waals surface area contributed by atoms with E-state index < -0.39 is 0 Å². The number of likely N-dealkylation sites (tertiary alicyclic amines) is 1. The lowest BCUT2D eigenvalue weighted by Crippen LogP contribution is -2.46. The van der Waals surface area contributed by atoms with Crippen molar-refractivity contribution in [3.8, 4) is 0 Å². The third-order valence-electron chi connectivity index (χ3n) is 4.72. The molecule has 2 aliphatic rings. The Labute approximate surface area is 143 Å². The zero-order valence-corrected chi connectivity index (χ0v) is 14.4. The first-order valence-electron chi connectivity index (χ1n) is 8.86. The molecule has 0 aliphatic carbocycles. The third kappa shape index (κ3) is 4.24. The maximum absolute atomic E-state index is 13.8. The smallest absolute Gasteiger partial charge is 0.194 e. The topological polar surface area (TPSA) is 40.1 Å². The van der Waals surface area contributed by atoms with Crippen molar-refractivity contribution >= 4 is 5.96 Å². The molecule has 1 aromatic rings. The van der Waals surface area contributed by atoms with E-state index >= 15 is 0 Å². The van der Waals surface area contributed by atoms with Gasteiger partial charge in [-0.25, -0.2) is 9.38 Å². The summed E-state index contributed by atoms with van der Waals surface area (Å²) >= 11 is 0. The summed E-state index contributed by atoms with van der Waals surface area (Å²) in [5, 5.41) is 3.35. The van der Waals surface area contributed by atoms with Gasteiger partial charge in [0, 0.05) is 44.3 Å². The molecule has 2 heterocycles. The van der Waals surface area contributed by atoms with Crippen molar-refractivity contribution < 1.29 is 9.13 Å². The fourth-order valence-corrected chi connectivity index (χ4v) is 3.39. The largest absolute Gasteiger partial charge is 0.379 e. The van der Waals surface area contributed by atoms with Crippen LogP contribution in [0, 0.1) is 5.82 Å². The number of benzene rings is 1. The molecule has 1 unspecified atom stereocenters. The van der Waals surface area contributed by atoms with E-state index in [2.05, 4.69) is 27.0 Å². The first-order chi connectivity index (χ1) is 11.8. The molecular weight excluding hydrogens is 307 g/mol. The van der Waals surface area contributed by atoms with Crippen LogP contribution in [0.3, 0.4) is 0 Å². The number of nitrogens with zero attached hydrogens (tertiary/aromatic N) is 3. The van der Waals surface area contributed by atoms with Crippen LogP contribution in [0.5, 0.6) is 0 Å². The van der Waals surface area contributed by atoms with Gasteiger partial charge < -0.3 is 15.0 Å². The Morgan fingerprint density at radius 1 is 1.29 bits per heavy atom. The van der Waals surface area contributed by atoms with Crippen molar-refractivity contribution in [1.29, 1.82) is 0 Å². The van der Waals surface area contributed by atoms with Crippen molar-refractivity contribution in [3.05, 3.63) is 35.6 Å². The third-order valence-corrected chi connectivity index (χ3v) is 4.72. The summed E-state index contributed by atoms with van der Waals surface area (Å²) in [5.41, 5.74) is 0.636. The number of hydrogen-bond donors (Lipinski definition) is 1. The highest BCUT2D eigenvalue weighted by Gasteiger charge is 2.30. The predicted molar refractivity (Wildman–Crippen MR) is 93.6 cm³/mol. The standard InChI is InChI=1S/C18H27FN4O/c1-2-20-18(21-13-15-5-3-4-6-17(15)19)23-8-7-16(14-23)22-9-11-24-12-10-22/h3-6,16H,2,7-14H2,1H3,(H,20,21). The zero-order valence-electron chi connectivity index (χ0n) is 14.4. The van der Waals surface area contributed by atoms with E-state index in [-0.39, 0.29) is 5.82 Å². The summed E-state index contributed by atoms with van der Waals surface area (Å²) in [6.45, 7) is 8.91. The molecule has 3 rings (SSSR count). The van der Waals surface area contributed by atoms with Crippen molar-refractivity contribution in [3.63, 3.8) is 0 Å². The Kier molecular flexibility index (Phi) is 6.04. The summed E-state index contributed by atoms with van der Waals surface area (Å²) in [4.78, 5) is 9.47. The molecule has 1 aromatic carbocycles. The summed E-state index contributed by atoms with van der Waals surface area (Å²) in [5.74, 6) is 0.696. The van der Waals surface area contributed by atoms with Gasteiger partial charge in [0.15, 0.2) is 5.96 Å². The quantitative estimate of drug-likeness (QED) is 0.672. The van der Waals surface area contributed by atoms with Crippen LogP contribution in [-0.4, -0.2) is 67.7 Å². The number of ether oxygens (including phenoxy) is 1. The molecule has 0 spiro atoms. The molecule has 132 valence electrons. The fourth-order valence-electron chi connectivity index (χ4n) is 3.39. The van der Waals surface area contributed by atoms with E-state index in [1.807, 2.05) is 6.07 Å². The molecule has 0 radical (unpaired) electrons. The van der Waals surface area contributed by atoms with Crippen molar-refractivity contribution in [2.24, 2.45) is 4.99 Å². The van der Waals surface area contributed by atoms with Gasteiger partial charge in [0.1, 0.15) is 5.82 Å². The Morgan fingerprint density at radius 3 is 2.83 bits per heavy atom. The van der Waals surface area contributed by atoms with Crippen LogP contribution < -0.4 is 5.32 Å². The van der Waals surface area contributed by atoms with E-state index in [9.17, 15) is 4.39 Å². The molecule has 0 amide bonds. The Hall–Kier alpha value is -1.66. The minimum Gasteiger partial charge on any atom is -0.379 e. The van der Waals surface area contributed by atoms with E-state index in [4.69, 9.17) is 4.74 Å². The highest BCUT2D eigenvalue weighted by molar-refractivity contribution is 5.80. The minimum atomic E-state index is -0.190. The molecule has 1 atom stereocenters. The van der Waals surface area contributed by atoms with Crippen molar-refractivity contribution in [2.45, 2.75) is 25.9 Å². The molecule has 0 saturated carbocycles. The average Bonchev–Trinajstić information content (AvgIpc) is 3.10. The summed E-state index contributed by atoms with van der Waals surface area (Å²) in [6, 6.07) is 7.41. The van der Waals surface area contributed by atoms with Gasteiger partial charge in [0.2, 0.25) is 0 Å². The molecular formula is C18H27FN4O. The van der Waals surface area contributed by atoms with Crippen LogP contribution in [0.1, 0.15) is 18.9 Å². The number of rotatable bonds is 4. The van der Waals surface area contributed by atoms with Gasteiger partial charge in [-0.1, -0.05) is 18.2 Å². The lowest BCUT2D eigenvalue weighted by atomic mass is 10.2. The second kappa shape index (κ2) is 8.44. The van der Waals surface area contributed by atoms with Gasteiger partial charge in [-0.15, -0.1) is 0 Å². The number of guanidine groups is 1. The van der Waals surface area contributed by atoms with E-state index in [0.29, 0.717) is 18.2 Å². The highest BCUT2D eigenvalue weighted by atomic mass is 19.1. The summed E-state index contributed by atoms with van der Waals surface area (Å²) in [7, 11) is 0. The second-order valence-corrected chi connectivity index (χ2v) is 6.30. The molecule has 6 heteroatoms. The molecule has 2 aliphatic heterocycles. The first-order valence-corrected chi connectivity index (χ1v) is 8.86. The number of morpholine rings is 1. The average molecular weight is 334 g/mol. The highest BCUT2D eigenvalue weighted by Crippen LogP contribution is 2.17. The predicted octanol–water partition coefficient (Wildman–Crippen LogP) is 1.70. The molecule has 1 N–H and O–H groups in total. The van der Waals surface area contributed by atoms with Crippen LogP contribution in [0.2, 0.25) is 0 Å². The van der Waals surface area contributed by atoms with Gasteiger partial charge in [-0.3, -0.25) is 4.90 Å². The van der Waals surface area contributed by atoms with E-state index in [0.717, 1.165) is 58.3 Å². The van der Waals surface area contributed by atoms with Crippen LogP contribution in [-0.2, 0) is 11.3 Å². The molecule has 2 fully saturated rings. The van der Waals surface area contributed by atoms with Gasteiger partial charge in [-0.2, -0.15) is 0 Å². The number of halogens is 1. The van der Waals surface area contributed by atoms with E-state index in [1.54, 1.807) is 12.1 Å².